The molecule has 0 aliphatic carbocycles. The molecule has 0 spiro atoms. The number of nitrogens with one attached hydrogen (secondary N) is 1. The molecule has 1 amide bonds. The van der Waals surface area contributed by atoms with E-state index < -0.39 is 5.91 Å². The number of carbonyl (C=O) groups is 1. The molecule has 2 aromatic rings. The molecule has 1 heterocycles. The molecule has 2 rings (SSSR count). The first-order valence-corrected chi connectivity index (χ1v) is 7.24. The lowest BCUT2D eigenvalue weighted by molar-refractivity contribution is 0.102. The van der Waals surface area contributed by atoms with Gasteiger partial charge in [-0.15, -0.1) is 5.10 Å². The van der Waals surface area contributed by atoms with E-state index >= 15 is 0 Å². The molecule has 8 heteroatoms. The van der Waals surface area contributed by atoms with Gasteiger partial charge in [-0.2, -0.15) is 0 Å². The maximum atomic E-state index is 12.2. The molecule has 20 heavy (non-hydrogen) atoms. The Kier molecular flexibility index (Phi) is 4.47. The summed E-state index contributed by atoms with van der Waals surface area (Å²) in [5.41, 5.74) is 0.760. The molecular weight excluding hydrogens is 321 g/mol. The summed E-state index contributed by atoms with van der Waals surface area (Å²) in [7, 11) is 0. The van der Waals surface area contributed by atoms with Crippen LogP contribution >= 0.6 is 34.7 Å². The fraction of sp³-hybridized carbons (Fsp3) is 0.250. The lowest BCUT2D eigenvalue weighted by atomic mass is 10.1. The number of phenols is 1. The summed E-state index contributed by atoms with van der Waals surface area (Å²) >= 11 is 12.6. The number of hydrogen-bond donors (Lipinski definition) is 2. The van der Waals surface area contributed by atoms with Gasteiger partial charge >= 0.3 is 0 Å². The minimum absolute atomic E-state index is 0.0688. The van der Waals surface area contributed by atoms with Crippen LogP contribution in [0, 0.1) is 0 Å². The molecule has 0 saturated carbocycles. The Hall–Kier alpha value is -1.37. The molecule has 1 aromatic carbocycles. The quantitative estimate of drug-likeness (QED) is 0.835. The van der Waals surface area contributed by atoms with Crippen molar-refractivity contribution in [3.05, 3.63) is 32.7 Å². The summed E-state index contributed by atoms with van der Waals surface area (Å²) in [5, 5.41) is 16.7. The van der Waals surface area contributed by atoms with E-state index in [1.54, 1.807) is 0 Å². The van der Waals surface area contributed by atoms with Gasteiger partial charge in [-0.25, -0.2) is 0 Å². The highest BCUT2D eigenvalue weighted by Gasteiger charge is 2.20. The number of phenolic OH excluding ortho intramolecular Hbond substituents is 1. The number of nitrogens with zero attached hydrogens (tertiary/aromatic N) is 2. The number of anilines is 1. The molecule has 0 unspecified atom stereocenters. The summed E-state index contributed by atoms with van der Waals surface area (Å²) in [5.74, 6) is -0.559. The SMILES string of the molecule is CC(C)c1nnsc1C(=O)Nc1cc(Cl)cc(Cl)c1O. The highest BCUT2D eigenvalue weighted by atomic mass is 35.5. The molecule has 5 nitrogen and oxygen atoms in total. The van der Waals surface area contributed by atoms with Crippen LogP contribution in [-0.4, -0.2) is 20.6 Å². The van der Waals surface area contributed by atoms with Gasteiger partial charge in [-0.1, -0.05) is 41.5 Å². The van der Waals surface area contributed by atoms with Crippen molar-refractivity contribution in [2.45, 2.75) is 19.8 Å². The number of hydrogen-bond acceptors (Lipinski definition) is 5. The Balaban J connectivity index is 2.31. The number of benzene rings is 1. The van der Waals surface area contributed by atoms with Crippen LogP contribution in [-0.2, 0) is 0 Å². The Morgan fingerprint density at radius 3 is 2.75 bits per heavy atom. The maximum Gasteiger partial charge on any atom is 0.269 e. The third-order valence-electron chi connectivity index (χ3n) is 2.54. The molecule has 106 valence electrons. The molecule has 0 radical (unpaired) electrons. The number of aromatic nitrogens is 2. The fourth-order valence-electron chi connectivity index (χ4n) is 1.57. The van der Waals surface area contributed by atoms with Crippen LogP contribution in [0.3, 0.4) is 0 Å². The molecule has 0 atom stereocenters. The second-order valence-corrected chi connectivity index (χ2v) is 5.98. The zero-order chi connectivity index (χ0) is 14.9. The highest BCUT2D eigenvalue weighted by Crippen LogP contribution is 2.35. The van der Waals surface area contributed by atoms with Gasteiger partial charge in [0.15, 0.2) is 5.75 Å². The Morgan fingerprint density at radius 1 is 1.40 bits per heavy atom. The van der Waals surface area contributed by atoms with E-state index in [-0.39, 0.29) is 22.4 Å². The van der Waals surface area contributed by atoms with Gasteiger partial charge in [0, 0.05) is 5.02 Å². The van der Waals surface area contributed by atoms with Crippen LogP contribution in [0.5, 0.6) is 5.75 Å². The van der Waals surface area contributed by atoms with E-state index in [0.29, 0.717) is 15.6 Å². The Bertz CT molecular complexity index is 658. The number of rotatable bonds is 3. The first kappa shape index (κ1) is 15.0. The topological polar surface area (TPSA) is 75.1 Å². The zero-order valence-electron chi connectivity index (χ0n) is 10.6. The lowest BCUT2D eigenvalue weighted by Gasteiger charge is -2.09. The zero-order valence-corrected chi connectivity index (χ0v) is 13.0. The average Bonchev–Trinajstić information content (AvgIpc) is 2.84. The van der Waals surface area contributed by atoms with Gasteiger partial charge in [0.2, 0.25) is 0 Å². The van der Waals surface area contributed by atoms with Gasteiger partial charge in [0.25, 0.3) is 5.91 Å². The molecule has 0 aliphatic heterocycles. The van der Waals surface area contributed by atoms with Crippen molar-refractivity contribution in [2.75, 3.05) is 5.32 Å². The molecule has 0 aliphatic rings. The van der Waals surface area contributed by atoms with E-state index in [2.05, 4.69) is 14.9 Å². The normalized spacial score (nSPS) is 10.8. The van der Waals surface area contributed by atoms with Crippen molar-refractivity contribution < 1.29 is 9.90 Å². The summed E-state index contributed by atoms with van der Waals surface area (Å²) < 4.78 is 3.78. The Morgan fingerprint density at radius 2 is 2.10 bits per heavy atom. The minimum Gasteiger partial charge on any atom is -0.504 e. The number of aromatic hydroxyl groups is 1. The van der Waals surface area contributed by atoms with Crippen molar-refractivity contribution in [2.24, 2.45) is 0 Å². The first-order valence-electron chi connectivity index (χ1n) is 5.71. The van der Waals surface area contributed by atoms with Crippen LogP contribution in [0.15, 0.2) is 12.1 Å². The third kappa shape index (κ3) is 3.03. The fourth-order valence-corrected chi connectivity index (χ4v) is 2.78. The van der Waals surface area contributed by atoms with Crippen LogP contribution in [0.4, 0.5) is 5.69 Å². The minimum atomic E-state index is -0.405. The van der Waals surface area contributed by atoms with E-state index in [1.807, 2.05) is 13.8 Å². The van der Waals surface area contributed by atoms with Crippen molar-refractivity contribution >= 4 is 46.3 Å². The van der Waals surface area contributed by atoms with Gasteiger partial charge in [0.1, 0.15) is 4.88 Å². The van der Waals surface area contributed by atoms with Crippen molar-refractivity contribution in [3.63, 3.8) is 0 Å². The van der Waals surface area contributed by atoms with Crippen LogP contribution < -0.4 is 5.32 Å². The van der Waals surface area contributed by atoms with E-state index in [9.17, 15) is 9.90 Å². The predicted octanol–water partition coefficient (Wildman–Crippen LogP) is 3.93. The van der Waals surface area contributed by atoms with Gasteiger partial charge in [-0.3, -0.25) is 4.79 Å². The molecule has 1 aromatic heterocycles. The summed E-state index contributed by atoms with van der Waals surface area (Å²) in [6.07, 6.45) is 0. The predicted molar refractivity (Wildman–Crippen MR) is 80.1 cm³/mol. The first-order chi connectivity index (χ1) is 9.40. The monoisotopic (exact) mass is 331 g/mol. The third-order valence-corrected chi connectivity index (χ3v) is 3.79. The molecule has 2 N–H and O–H groups in total. The van der Waals surface area contributed by atoms with Crippen molar-refractivity contribution in [1.82, 2.24) is 9.59 Å². The molecular formula is C12H11Cl2N3O2S. The van der Waals surface area contributed by atoms with E-state index in [1.165, 1.54) is 12.1 Å². The molecule has 0 bridgehead atoms. The van der Waals surface area contributed by atoms with Gasteiger partial charge in [0.05, 0.1) is 16.4 Å². The standard InChI is InChI=1S/C12H11Cl2N3O2S/c1-5(2)9-11(20-17-16-9)12(19)15-8-4-6(13)3-7(14)10(8)18/h3-5,18H,1-2H3,(H,15,19). The smallest absolute Gasteiger partial charge is 0.269 e. The largest absolute Gasteiger partial charge is 0.504 e. The summed E-state index contributed by atoms with van der Waals surface area (Å²) in [6, 6.07) is 2.81. The van der Waals surface area contributed by atoms with Crippen molar-refractivity contribution in [3.8, 4) is 5.75 Å². The van der Waals surface area contributed by atoms with Crippen molar-refractivity contribution in [1.29, 1.82) is 0 Å². The van der Waals surface area contributed by atoms with Crippen LogP contribution in [0.2, 0.25) is 10.0 Å². The second-order valence-electron chi connectivity index (χ2n) is 4.38. The van der Waals surface area contributed by atoms with Crippen LogP contribution in [0.25, 0.3) is 0 Å². The van der Waals surface area contributed by atoms with Gasteiger partial charge < -0.3 is 10.4 Å². The molecule has 0 saturated heterocycles. The van der Waals surface area contributed by atoms with Crippen LogP contribution in [0.1, 0.15) is 35.1 Å². The van der Waals surface area contributed by atoms with Gasteiger partial charge in [-0.05, 0) is 29.6 Å². The molecule has 0 fully saturated rings. The summed E-state index contributed by atoms with van der Waals surface area (Å²) in [4.78, 5) is 12.6. The second kappa shape index (κ2) is 5.95. The average molecular weight is 332 g/mol. The van der Waals surface area contributed by atoms with E-state index in [0.717, 1.165) is 11.5 Å². The Labute approximate surface area is 129 Å². The number of carbonyl (C=O) groups excluding carboxylic acids is 1. The number of amides is 1. The highest BCUT2D eigenvalue weighted by molar-refractivity contribution is 7.08. The lowest BCUT2D eigenvalue weighted by Crippen LogP contribution is -2.13. The number of halogens is 2. The maximum absolute atomic E-state index is 12.2. The summed E-state index contributed by atoms with van der Waals surface area (Å²) in [6.45, 7) is 3.84. The van der Waals surface area contributed by atoms with E-state index in [4.69, 9.17) is 23.2 Å².